The molecule has 1 unspecified atom stereocenters. The number of carbonyl (C=O) groups excluding carboxylic acids is 2. The summed E-state index contributed by atoms with van der Waals surface area (Å²) in [5, 5.41) is 0. The van der Waals surface area contributed by atoms with E-state index >= 15 is 0 Å². The SMILES string of the molecule is C=CC(=O)OCCCCOC(C)OC(=O)C=C. The molecule has 0 spiro atoms. The second kappa shape index (κ2) is 9.59. The zero-order valence-corrected chi connectivity index (χ0v) is 10.0. The quantitative estimate of drug-likeness (QED) is 0.266. The molecule has 0 N–H and O–H groups in total. The Morgan fingerprint density at radius 1 is 1.12 bits per heavy atom. The molecule has 0 aromatic carbocycles. The van der Waals surface area contributed by atoms with Crippen molar-refractivity contribution in [2.45, 2.75) is 26.1 Å². The van der Waals surface area contributed by atoms with E-state index in [-0.39, 0.29) is 0 Å². The first kappa shape index (κ1) is 15.4. The molecule has 0 saturated heterocycles. The topological polar surface area (TPSA) is 61.8 Å². The lowest BCUT2D eigenvalue weighted by Gasteiger charge is -2.12. The molecule has 0 radical (unpaired) electrons. The first-order chi connectivity index (χ1) is 8.10. The summed E-state index contributed by atoms with van der Waals surface area (Å²) >= 11 is 0. The second-order valence-electron chi connectivity index (χ2n) is 3.16. The molecular formula is C12H18O5. The van der Waals surface area contributed by atoms with Gasteiger partial charge in [-0.25, -0.2) is 9.59 Å². The van der Waals surface area contributed by atoms with Crippen LogP contribution in [0.1, 0.15) is 19.8 Å². The molecule has 5 heteroatoms. The number of esters is 2. The number of carbonyl (C=O) groups is 2. The zero-order chi connectivity index (χ0) is 13.1. The maximum atomic E-state index is 10.8. The highest BCUT2D eigenvalue weighted by Gasteiger charge is 2.05. The van der Waals surface area contributed by atoms with E-state index in [2.05, 4.69) is 13.2 Å². The fourth-order valence-corrected chi connectivity index (χ4v) is 0.931. The standard InChI is InChI=1S/C12H18O5/c1-4-11(13)16-9-7-6-8-15-10(3)17-12(14)5-2/h4-5,10H,1-2,6-9H2,3H3. The molecule has 0 heterocycles. The highest BCUT2D eigenvalue weighted by molar-refractivity contribution is 5.81. The van der Waals surface area contributed by atoms with Crippen LogP contribution < -0.4 is 0 Å². The summed E-state index contributed by atoms with van der Waals surface area (Å²) < 4.78 is 14.7. The Hall–Kier alpha value is -1.62. The van der Waals surface area contributed by atoms with Crippen molar-refractivity contribution >= 4 is 11.9 Å². The van der Waals surface area contributed by atoms with Gasteiger partial charge in [0.2, 0.25) is 0 Å². The Kier molecular flexibility index (Phi) is 8.68. The number of rotatable bonds is 9. The van der Waals surface area contributed by atoms with Crippen molar-refractivity contribution in [1.29, 1.82) is 0 Å². The first-order valence-corrected chi connectivity index (χ1v) is 5.34. The number of unbranched alkanes of at least 4 members (excludes halogenated alkanes) is 1. The fourth-order valence-electron chi connectivity index (χ4n) is 0.931. The molecule has 0 bridgehead atoms. The van der Waals surface area contributed by atoms with Gasteiger partial charge in [0.1, 0.15) is 0 Å². The third-order valence-electron chi connectivity index (χ3n) is 1.75. The summed E-state index contributed by atoms with van der Waals surface area (Å²) in [4.78, 5) is 21.4. The summed E-state index contributed by atoms with van der Waals surface area (Å²) in [5.74, 6) is -0.948. The Morgan fingerprint density at radius 3 is 2.29 bits per heavy atom. The van der Waals surface area contributed by atoms with Crippen molar-refractivity contribution in [3.63, 3.8) is 0 Å². The second-order valence-corrected chi connectivity index (χ2v) is 3.16. The monoisotopic (exact) mass is 242 g/mol. The van der Waals surface area contributed by atoms with Crippen molar-refractivity contribution in [3.8, 4) is 0 Å². The third-order valence-corrected chi connectivity index (χ3v) is 1.75. The molecule has 5 nitrogen and oxygen atoms in total. The smallest absolute Gasteiger partial charge is 0.332 e. The van der Waals surface area contributed by atoms with Gasteiger partial charge >= 0.3 is 11.9 Å². The Balaban J connectivity index is 3.39. The van der Waals surface area contributed by atoms with Gasteiger partial charge in [0, 0.05) is 12.2 Å². The van der Waals surface area contributed by atoms with Gasteiger partial charge < -0.3 is 14.2 Å². The lowest BCUT2D eigenvalue weighted by atomic mass is 10.3. The summed E-state index contributed by atoms with van der Waals surface area (Å²) in [5.41, 5.74) is 0. The molecule has 0 rings (SSSR count). The van der Waals surface area contributed by atoms with Gasteiger partial charge in [0.05, 0.1) is 13.2 Å². The summed E-state index contributed by atoms with van der Waals surface area (Å²) in [6.07, 6.45) is 2.99. The third kappa shape index (κ3) is 9.32. The van der Waals surface area contributed by atoms with E-state index < -0.39 is 18.2 Å². The molecule has 0 aliphatic rings. The molecule has 0 amide bonds. The maximum absolute atomic E-state index is 10.8. The molecule has 1 atom stereocenters. The van der Waals surface area contributed by atoms with Crippen LogP contribution in [0, 0.1) is 0 Å². The van der Waals surface area contributed by atoms with E-state index in [1.807, 2.05) is 0 Å². The van der Waals surface area contributed by atoms with E-state index in [0.717, 1.165) is 12.2 Å². The lowest BCUT2D eigenvalue weighted by Crippen LogP contribution is -2.17. The summed E-state index contributed by atoms with van der Waals surface area (Å²) in [7, 11) is 0. The average Bonchev–Trinajstić information content (AvgIpc) is 2.32. The molecule has 0 aliphatic carbocycles. The number of hydrogen-bond donors (Lipinski definition) is 0. The average molecular weight is 242 g/mol. The first-order valence-electron chi connectivity index (χ1n) is 5.34. The van der Waals surface area contributed by atoms with Gasteiger partial charge in [-0.3, -0.25) is 0 Å². The van der Waals surface area contributed by atoms with Gasteiger partial charge in [0.25, 0.3) is 0 Å². The molecule has 0 saturated carbocycles. The van der Waals surface area contributed by atoms with Crippen LogP contribution in [0.3, 0.4) is 0 Å². The zero-order valence-electron chi connectivity index (χ0n) is 10.0. The molecule has 0 aromatic rings. The predicted octanol–water partition coefficient (Wildman–Crippen LogP) is 1.59. The molecule has 0 fully saturated rings. The molecular weight excluding hydrogens is 224 g/mol. The number of ether oxygens (including phenoxy) is 3. The summed E-state index contributed by atoms with van der Waals surface area (Å²) in [6, 6.07) is 0. The van der Waals surface area contributed by atoms with Gasteiger partial charge in [-0.15, -0.1) is 0 Å². The minimum atomic E-state index is -0.601. The fraction of sp³-hybridized carbons (Fsp3) is 0.500. The van der Waals surface area contributed by atoms with Crippen molar-refractivity contribution in [3.05, 3.63) is 25.3 Å². The van der Waals surface area contributed by atoms with E-state index in [0.29, 0.717) is 26.1 Å². The Labute approximate surface area is 101 Å². The van der Waals surface area contributed by atoms with Crippen molar-refractivity contribution < 1.29 is 23.8 Å². The lowest BCUT2D eigenvalue weighted by molar-refractivity contribution is -0.169. The van der Waals surface area contributed by atoms with E-state index in [9.17, 15) is 9.59 Å². The van der Waals surface area contributed by atoms with E-state index in [1.165, 1.54) is 0 Å². The minimum absolute atomic E-state index is 0.328. The highest BCUT2D eigenvalue weighted by Crippen LogP contribution is 1.98. The maximum Gasteiger partial charge on any atom is 0.332 e. The van der Waals surface area contributed by atoms with Crippen LogP contribution >= 0.6 is 0 Å². The van der Waals surface area contributed by atoms with Crippen LogP contribution in [0.25, 0.3) is 0 Å². The largest absolute Gasteiger partial charge is 0.463 e. The van der Waals surface area contributed by atoms with Gasteiger partial charge in [-0.05, 0) is 19.8 Å². The predicted molar refractivity (Wildman–Crippen MR) is 62.1 cm³/mol. The number of hydrogen-bond acceptors (Lipinski definition) is 5. The Bertz CT molecular complexity index is 272. The van der Waals surface area contributed by atoms with Crippen LogP contribution in [0.15, 0.2) is 25.3 Å². The van der Waals surface area contributed by atoms with E-state index in [4.69, 9.17) is 14.2 Å². The van der Waals surface area contributed by atoms with Crippen LogP contribution in [-0.4, -0.2) is 31.4 Å². The van der Waals surface area contributed by atoms with Crippen LogP contribution in [0.5, 0.6) is 0 Å². The van der Waals surface area contributed by atoms with Gasteiger partial charge in [-0.1, -0.05) is 13.2 Å². The molecule has 17 heavy (non-hydrogen) atoms. The van der Waals surface area contributed by atoms with Crippen LogP contribution in [-0.2, 0) is 23.8 Å². The molecule has 0 aromatic heterocycles. The normalized spacial score (nSPS) is 11.4. The van der Waals surface area contributed by atoms with Crippen molar-refractivity contribution in [2.24, 2.45) is 0 Å². The molecule has 96 valence electrons. The van der Waals surface area contributed by atoms with Crippen molar-refractivity contribution in [2.75, 3.05) is 13.2 Å². The van der Waals surface area contributed by atoms with Crippen molar-refractivity contribution in [1.82, 2.24) is 0 Å². The highest BCUT2D eigenvalue weighted by atomic mass is 16.7. The van der Waals surface area contributed by atoms with E-state index in [1.54, 1.807) is 6.92 Å². The van der Waals surface area contributed by atoms with Gasteiger partial charge in [-0.2, -0.15) is 0 Å². The van der Waals surface area contributed by atoms with Crippen LogP contribution in [0.2, 0.25) is 0 Å². The molecule has 0 aliphatic heterocycles. The minimum Gasteiger partial charge on any atom is -0.463 e. The Morgan fingerprint density at radius 2 is 1.71 bits per heavy atom. The van der Waals surface area contributed by atoms with Gasteiger partial charge in [0.15, 0.2) is 6.29 Å². The summed E-state index contributed by atoms with van der Waals surface area (Å²) in [6.45, 7) is 8.93. The van der Waals surface area contributed by atoms with Crippen LogP contribution in [0.4, 0.5) is 0 Å².